The first-order valence-corrected chi connectivity index (χ1v) is 17.2. The van der Waals surface area contributed by atoms with Crippen molar-refractivity contribution < 1.29 is 0 Å². The summed E-state index contributed by atoms with van der Waals surface area (Å²) >= 11 is 0. The fourth-order valence-electron chi connectivity index (χ4n) is 8.03. The largest absolute Gasteiger partial charge is 0.306 e. The molecule has 0 fully saturated rings. The lowest BCUT2D eigenvalue weighted by Crippen LogP contribution is -2.13. The molecule has 236 valence electrons. The van der Waals surface area contributed by atoms with E-state index in [1.54, 1.807) is 0 Å². The average Bonchev–Trinajstić information content (AvgIpc) is 3.68. The van der Waals surface area contributed by atoms with Crippen LogP contribution in [0.15, 0.2) is 163 Å². The lowest BCUT2D eigenvalue weighted by atomic mass is 9.90. The molecule has 9 aromatic rings. The van der Waals surface area contributed by atoms with Gasteiger partial charge in [-0.1, -0.05) is 123 Å². The van der Waals surface area contributed by atoms with Crippen LogP contribution in [-0.2, 0) is 0 Å². The molecule has 0 unspecified atom stereocenters. The van der Waals surface area contributed by atoms with Crippen LogP contribution in [0.4, 0.5) is 0 Å². The minimum atomic E-state index is 0.896. The molecule has 0 saturated heterocycles. The fourth-order valence-corrected chi connectivity index (χ4v) is 8.03. The normalized spacial score (nSPS) is 14.1. The molecule has 0 spiro atoms. The molecule has 1 aliphatic rings. The second-order valence-electron chi connectivity index (χ2n) is 12.9. The van der Waals surface area contributed by atoms with E-state index in [0.29, 0.717) is 0 Å². The van der Waals surface area contributed by atoms with Gasteiger partial charge in [-0.05, 0) is 53.3 Å². The smallest absolute Gasteiger partial charge is 0.0801 e. The van der Waals surface area contributed by atoms with Crippen molar-refractivity contribution in [1.29, 1.82) is 0 Å². The number of fused-ring (bicyclic) bond motifs is 11. The highest BCUT2D eigenvalue weighted by Crippen LogP contribution is 2.44. The minimum absolute atomic E-state index is 0.896. The second kappa shape index (κ2) is 11.0. The number of nitrogens with zero attached hydrogens (tertiary/aromatic N) is 4. The number of hydrogen-bond donors (Lipinski definition) is 0. The molecule has 0 radical (unpaired) electrons. The van der Waals surface area contributed by atoms with Gasteiger partial charge >= 0.3 is 0 Å². The standard InChI is InChI=1S/C46H32N4/c1-3-4-27-47-43-29(2)21-22-30-12-9-19-39(41(30)43)49-37-17-7-5-15-33(37)35-25-26-36-34-16-6-8-18-38(34)50(46(36)45(35)49)40-20-10-13-31-23-24-32-14-11-28-48-44(32)42(31)40/h4-28H,2-3H2,1H3. The van der Waals surface area contributed by atoms with Crippen LogP contribution < -0.4 is 0 Å². The number of hydrogen-bond acceptors (Lipinski definition) is 2. The monoisotopic (exact) mass is 640 g/mol. The maximum atomic E-state index is 5.01. The Morgan fingerprint density at radius 2 is 1.30 bits per heavy atom. The first-order chi connectivity index (χ1) is 24.7. The highest BCUT2D eigenvalue weighted by molar-refractivity contribution is 6.26. The summed E-state index contributed by atoms with van der Waals surface area (Å²) in [6, 6.07) is 43.9. The Morgan fingerprint density at radius 1 is 0.640 bits per heavy atom. The molecule has 50 heavy (non-hydrogen) atoms. The van der Waals surface area contributed by atoms with E-state index in [0.717, 1.165) is 83.9 Å². The molecule has 4 heteroatoms. The molecule has 3 heterocycles. The molecule has 1 aliphatic carbocycles. The van der Waals surface area contributed by atoms with Crippen LogP contribution in [0, 0.1) is 0 Å². The first kappa shape index (κ1) is 28.5. The van der Waals surface area contributed by atoms with Crippen LogP contribution in [0.25, 0.3) is 82.7 Å². The summed E-state index contributed by atoms with van der Waals surface area (Å²) in [5.41, 5.74) is 11.8. The predicted octanol–water partition coefficient (Wildman–Crippen LogP) is 11.9. The van der Waals surface area contributed by atoms with E-state index >= 15 is 0 Å². The van der Waals surface area contributed by atoms with Crippen LogP contribution in [0.2, 0.25) is 0 Å². The van der Waals surface area contributed by atoms with Crippen molar-refractivity contribution in [3.8, 4) is 11.4 Å². The Bertz CT molecular complexity index is 2980. The highest BCUT2D eigenvalue weighted by atomic mass is 15.0. The summed E-state index contributed by atoms with van der Waals surface area (Å²) in [6.07, 6.45) is 11.1. The quantitative estimate of drug-likeness (QED) is 0.176. The average molecular weight is 641 g/mol. The number of pyridine rings is 1. The Kier molecular flexibility index (Phi) is 6.27. The Morgan fingerprint density at radius 3 is 2.06 bits per heavy atom. The third-order valence-corrected chi connectivity index (χ3v) is 10.2. The third-order valence-electron chi connectivity index (χ3n) is 10.2. The van der Waals surface area contributed by atoms with Crippen LogP contribution >= 0.6 is 0 Å². The van der Waals surface area contributed by atoms with E-state index in [4.69, 9.17) is 9.98 Å². The van der Waals surface area contributed by atoms with Gasteiger partial charge in [0.05, 0.1) is 44.7 Å². The van der Waals surface area contributed by atoms with Gasteiger partial charge in [0, 0.05) is 50.3 Å². The number of para-hydroxylation sites is 2. The summed E-state index contributed by atoms with van der Waals surface area (Å²) in [6.45, 7) is 6.56. The van der Waals surface area contributed by atoms with Crippen molar-refractivity contribution in [2.24, 2.45) is 4.99 Å². The molecular formula is C46H32N4. The van der Waals surface area contributed by atoms with Gasteiger partial charge in [0.2, 0.25) is 0 Å². The van der Waals surface area contributed by atoms with Crippen molar-refractivity contribution in [2.75, 3.05) is 0 Å². The number of allylic oxidation sites excluding steroid dienone is 3. The molecule has 0 amide bonds. The predicted molar refractivity (Wildman–Crippen MR) is 212 cm³/mol. The van der Waals surface area contributed by atoms with E-state index < -0.39 is 0 Å². The molecule has 0 bridgehead atoms. The van der Waals surface area contributed by atoms with Crippen LogP contribution in [0.1, 0.15) is 24.5 Å². The Labute approximate surface area is 289 Å². The number of aromatic nitrogens is 3. The summed E-state index contributed by atoms with van der Waals surface area (Å²) in [7, 11) is 0. The van der Waals surface area contributed by atoms with Gasteiger partial charge in [-0.3, -0.25) is 9.98 Å². The van der Waals surface area contributed by atoms with Gasteiger partial charge in [-0.25, -0.2) is 0 Å². The van der Waals surface area contributed by atoms with Crippen molar-refractivity contribution in [2.45, 2.75) is 13.3 Å². The Hall–Kier alpha value is -6.52. The lowest BCUT2D eigenvalue weighted by Gasteiger charge is -2.21. The van der Waals surface area contributed by atoms with Crippen molar-refractivity contribution >= 4 is 77.1 Å². The van der Waals surface area contributed by atoms with E-state index in [-0.39, 0.29) is 0 Å². The second-order valence-corrected chi connectivity index (χ2v) is 12.9. The summed E-state index contributed by atoms with van der Waals surface area (Å²) in [5, 5.41) is 8.26. The lowest BCUT2D eigenvalue weighted by molar-refractivity contribution is 1.15. The summed E-state index contributed by atoms with van der Waals surface area (Å²) < 4.78 is 4.94. The molecule has 4 nitrogen and oxygen atoms in total. The molecule has 0 N–H and O–H groups in total. The number of rotatable bonds is 4. The van der Waals surface area contributed by atoms with Crippen LogP contribution in [0.3, 0.4) is 0 Å². The van der Waals surface area contributed by atoms with Crippen molar-refractivity contribution in [3.63, 3.8) is 0 Å². The van der Waals surface area contributed by atoms with Crippen LogP contribution in [0.5, 0.6) is 0 Å². The van der Waals surface area contributed by atoms with Crippen molar-refractivity contribution in [3.05, 3.63) is 169 Å². The maximum Gasteiger partial charge on any atom is 0.0801 e. The topological polar surface area (TPSA) is 35.1 Å². The number of benzene rings is 6. The fraction of sp³-hybridized carbons (Fsp3) is 0.0435. The summed E-state index contributed by atoms with van der Waals surface area (Å²) in [5.74, 6) is 0. The number of aliphatic imine (C=N–C) groups is 1. The van der Waals surface area contributed by atoms with E-state index in [1.165, 1.54) is 21.5 Å². The molecule has 0 atom stereocenters. The highest BCUT2D eigenvalue weighted by Gasteiger charge is 2.26. The van der Waals surface area contributed by atoms with Crippen LogP contribution in [-0.4, -0.2) is 19.8 Å². The Balaban J connectivity index is 1.43. The molecule has 6 aromatic carbocycles. The first-order valence-electron chi connectivity index (χ1n) is 17.2. The van der Waals surface area contributed by atoms with Gasteiger partial charge in [0.1, 0.15) is 0 Å². The van der Waals surface area contributed by atoms with E-state index in [9.17, 15) is 0 Å². The van der Waals surface area contributed by atoms with Crippen molar-refractivity contribution in [1.82, 2.24) is 14.1 Å². The summed E-state index contributed by atoms with van der Waals surface area (Å²) in [4.78, 5) is 9.96. The van der Waals surface area contributed by atoms with Gasteiger partial charge in [0.25, 0.3) is 0 Å². The zero-order chi connectivity index (χ0) is 33.3. The minimum Gasteiger partial charge on any atom is -0.306 e. The molecule has 10 rings (SSSR count). The van der Waals surface area contributed by atoms with Gasteiger partial charge in [-0.2, -0.15) is 0 Å². The molecule has 3 aromatic heterocycles. The van der Waals surface area contributed by atoms with Gasteiger partial charge in [0.15, 0.2) is 0 Å². The van der Waals surface area contributed by atoms with E-state index in [1.807, 2.05) is 18.5 Å². The van der Waals surface area contributed by atoms with Gasteiger partial charge in [-0.15, -0.1) is 0 Å². The molecule has 0 saturated carbocycles. The SMILES string of the molecule is C=C1C=Cc2cccc(-n3c4ccccc4c4ccc5c6ccccc6n(-c6cccc7ccc8cccnc8c67)c5c43)c2C1=NC=CCC. The molecular weight excluding hydrogens is 609 g/mol. The van der Waals surface area contributed by atoms with E-state index in [2.05, 4.69) is 156 Å². The molecule has 0 aliphatic heterocycles. The zero-order valence-corrected chi connectivity index (χ0v) is 27.6. The third kappa shape index (κ3) is 3.99. The zero-order valence-electron chi connectivity index (χ0n) is 27.6. The van der Waals surface area contributed by atoms with Gasteiger partial charge < -0.3 is 9.13 Å². The maximum absolute atomic E-state index is 5.01.